The largest absolute Gasteiger partial charge is 0.496 e. The number of hydrogen-bond donors (Lipinski definition) is 2. The van der Waals surface area contributed by atoms with Gasteiger partial charge in [-0.3, -0.25) is 24.1 Å². The number of amides is 4. The van der Waals surface area contributed by atoms with Gasteiger partial charge in [-0.15, -0.1) is 6.58 Å². The highest BCUT2D eigenvalue weighted by Crippen LogP contribution is 2.38. The molecule has 1 aromatic heterocycles. The highest BCUT2D eigenvalue weighted by molar-refractivity contribution is 14.1. The van der Waals surface area contributed by atoms with Crippen LogP contribution < -0.4 is 25.0 Å². The Balaban J connectivity index is 1.63. The number of rotatable bonds is 10. The van der Waals surface area contributed by atoms with E-state index in [-0.39, 0.29) is 46.5 Å². The van der Waals surface area contributed by atoms with Crippen LogP contribution in [-0.4, -0.2) is 94.9 Å². The number of pyridine rings is 1. The molecule has 3 aliphatic rings. The number of nitrogens with one attached hydrogen (secondary N) is 2. The molecule has 1 aromatic carbocycles. The van der Waals surface area contributed by atoms with Crippen LogP contribution in [0.4, 0.5) is 10.6 Å². The number of aryl methyl sites for hydroxylation is 1. The van der Waals surface area contributed by atoms with E-state index in [1.807, 2.05) is 32.9 Å². The summed E-state index contributed by atoms with van der Waals surface area (Å²) in [6, 6.07) is 2.82. The molecule has 2 N–H and O–H groups in total. The van der Waals surface area contributed by atoms with Crippen molar-refractivity contribution in [2.75, 3.05) is 32.2 Å². The summed E-state index contributed by atoms with van der Waals surface area (Å²) >= 11 is 2.06. The zero-order valence-corrected chi connectivity index (χ0v) is 35.8. The van der Waals surface area contributed by atoms with Gasteiger partial charge < -0.3 is 29.7 Å². The quantitative estimate of drug-likeness (QED) is 0.156. The van der Waals surface area contributed by atoms with Gasteiger partial charge in [-0.2, -0.15) is 0 Å². The maximum absolute atomic E-state index is 14.8. The molecule has 1 aliphatic carbocycles. The number of halogens is 1. The molecule has 1 unspecified atom stereocenters. The number of nitrogens with zero attached hydrogens (tertiary/aromatic N) is 3. The second-order valence-electron chi connectivity index (χ2n) is 16.2. The number of ether oxygens (including phenoxy) is 3. The van der Waals surface area contributed by atoms with Gasteiger partial charge >= 0.3 is 6.09 Å². The number of Topliss-reactive ketones (excluding diaryl/α,β-unsaturated/α-hetero) is 1. The molecule has 4 amide bonds. The molecule has 306 valence electrons. The smallest absolute Gasteiger partial charge is 0.407 e. The molecule has 0 radical (unpaired) electrons. The maximum Gasteiger partial charge on any atom is 0.407 e. The number of benzene rings is 1. The van der Waals surface area contributed by atoms with E-state index in [1.165, 1.54) is 16.7 Å². The van der Waals surface area contributed by atoms with Crippen molar-refractivity contribution in [3.8, 4) is 11.5 Å². The number of methoxy groups -OCH3 is 1. The lowest BCUT2D eigenvalue weighted by molar-refractivity contribution is -0.141. The minimum Gasteiger partial charge on any atom is -0.496 e. The van der Waals surface area contributed by atoms with Crippen LogP contribution in [-0.2, 0) is 30.3 Å². The second kappa shape index (κ2) is 19.0. The van der Waals surface area contributed by atoms with E-state index in [0.717, 1.165) is 50.5 Å². The van der Waals surface area contributed by atoms with Gasteiger partial charge in [0.1, 0.15) is 41.5 Å². The molecule has 0 spiro atoms. The molecule has 5 atom stereocenters. The van der Waals surface area contributed by atoms with Crippen LogP contribution in [0.25, 0.3) is 10.9 Å². The summed E-state index contributed by atoms with van der Waals surface area (Å²) in [4.78, 5) is 76.3. The summed E-state index contributed by atoms with van der Waals surface area (Å²) in [6.45, 7) is 11.4. The predicted octanol–water partition coefficient (Wildman–Crippen LogP) is 6.46. The van der Waals surface area contributed by atoms with Crippen molar-refractivity contribution in [1.82, 2.24) is 20.5 Å². The van der Waals surface area contributed by atoms with Crippen molar-refractivity contribution in [2.24, 2.45) is 11.3 Å². The van der Waals surface area contributed by atoms with Gasteiger partial charge in [0, 0.05) is 37.4 Å². The average Bonchev–Trinajstić information content (AvgIpc) is 3.60. The molecule has 5 rings (SSSR count). The van der Waals surface area contributed by atoms with Crippen LogP contribution in [0.5, 0.6) is 11.5 Å². The SMILES string of the molecule is C=C[C@H](I)C(NC(=O)[C@@H]1C[C@@H]2CN1C(=O)[C@H](C1CCCCC1)NC(=O)OCC(C)(C)CCCc1cc3c(cc(N(C)C(=O)CCC)nc3cc1OC)O2)C(C)=O. The zero-order chi connectivity index (χ0) is 40.7. The molecule has 1 saturated heterocycles. The Morgan fingerprint density at radius 1 is 1.18 bits per heavy atom. The van der Waals surface area contributed by atoms with E-state index in [4.69, 9.17) is 19.2 Å². The fraction of sp³-hybridized carbons (Fsp3) is 0.619. The molecule has 2 fully saturated rings. The summed E-state index contributed by atoms with van der Waals surface area (Å²) in [5.41, 5.74) is 1.14. The van der Waals surface area contributed by atoms with Crippen molar-refractivity contribution in [3.05, 3.63) is 36.4 Å². The van der Waals surface area contributed by atoms with Crippen molar-refractivity contribution in [1.29, 1.82) is 0 Å². The summed E-state index contributed by atoms with van der Waals surface area (Å²) < 4.78 is 18.1. The Kier molecular flexibility index (Phi) is 14.6. The van der Waals surface area contributed by atoms with Gasteiger partial charge in [0.15, 0.2) is 5.78 Å². The first-order valence-electron chi connectivity index (χ1n) is 19.9. The molecule has 1 saturated carbocycles. The van der Waals surface area contributed by atoms with Crippen LogP contribution in [0.1, 0.15) is 97.5 Å². The standard InChI is InChI=1S/C42H58IN5O8/c1-8-14-36(50)47(6)35-22-34-29-19-27(33(54-7)21-31(29)44-35)17-13-18-42(4,5)24-55-41(53)46-38(26-15-11-10-12-16-26)40(52)48-23-28(56-34)20-32(48)39(51)45-37(25(3)49)30(43)9-2/h9,19,21-22,26,28,30,32,37-38H,2,8,10-18,20,23-24H2,1,3-7H3,(H,45,51)(H,46,53)/t28-,30+,32+,37?,38+/m1/s1. The molecule has 56 heavy (non-hydrogen) atoms. The van der Waals surface area contributed by atoms with Crippen molar-refractivity contribution in [3.63, 3.8) is 0 Å². The van der Waals surface area contributed by atoms with Gasteiger partial charge in [-0.05, 0) is 68.4 Å². The number of fused-ring (bicyclic) bond motifs is 3. The molecule has 13 nitrogen and oxygen atoms in total. The van der Waals surface area contributed by atoms with Crippen molar-refractivity contribution < 1.29 is 38.2 Å². The van der Waals surface area contributed by atoms with Crippen molar-refractivity contribution in [2.45, 2.75) is 126 Å². The Bertz CT molecular complexity index is 1800. The Hall–Kier alpha value is -3.95. The van der Waals surface area contributed by atoms with Crippen molar-refractivity contribution >= 4 is 68.9 Å². The first kappa shape index (κ1) is 43.2. The normalized spacial score (nSPS) is 23.1. The van der Waals surface area contributed by atoms with E-state index in [9.17, 15) is 24.0 Å². The number of alkyl carbamates (subject to hydrolysis) is 1. The highest BCUT2D eigenvalue weighted by atomic mass is 127. The lowest BCUT2D eigenvalue weighted by Crippen LogP contribution is -2.58. The van der Waals surface area contributed by atoms with Gasteiger partial charge in [0.25, 0.3) is 0 Å². The molecular weight excluding hydrogens is 829 g/mol. The number of hydrogen-bond acceptors (Lipinski definition) is 9. The number of aromatic nitrogens is 1. The maximum atomic E-state index is 14.8. The van der Waals surface area contributed by atoms with Crippen LogP contribution >= 0.6 is 22.6 Å². The summed E-state index contributed by atoms with van der Waals surface area (Å²) in [7, 11) is 3.29. The molecular formula is C42H58IN5O8. The molecule has 3 heterocycles. The Morgan fingerprint density at radius 3 is 2.57 bits per heavy atom. The van der Waals surface area contributed by atoms with E-state index in [2.05, 4.69) is 39.8 Å². The topological polar surface area (TPSA) is 156 Å². The zero-order valence-electron chi connectivity index (χ0n) is 33.7. The summed E-state index contributed by atoms with van der Waals surface area (Å²) in [5.74, 6) is 0.120. The minimum atomic E-state index is -1.01. The second-order valence-corrected chi connectivity index (χ2v) is 17.7. The number of anilines is 1. The first-order valence-corrected chi connectivity index (χ1v) is 21.2. The van der Waals surface area contributed by atoms with E-state index < -0.39 is 42.1 Å². The first-order chi connectivity index (χ1) is 26.7. The number of cyclic esters (lactones) is 1. The number of ketones is 1. The lowest BCUT2D eigenvalue weighted by Gasteiger charge is -2.35. The molecule has 14 heteroatoms. The third kappa shape index (κ3) is 10.3. The van der Waals surface area contributed by atoms with Crippen LogP contribution in [0.15, 0.2) is 30.9 Å². The monoisotopic (exact) mass is 887 g/mol. The molecule has 2 aliphatic heterocycles. The van der Waals surface area contributed by atoms with Gasteiger partial charge in [-0.1, -0.05) is 68.7 Å². The predicted molar refractivity (Wildman–Crippen MR) is 223 cm³/mol. The Labute approximate surface area is 344 Å². The molecule has 2 aromatic rings. The Morgan fingerprint density at radius 2 is 1.91 bits per heavy atom. The van der Waals surface area contributed by atoms with E-state index in [0.29, 0.717) is 47.5 Å². The van der Waals surface area contributed by atoms with Crippen LogP contribution in [0, 0.1) is 11.3 Å². The minimum absolute atomic E-state index is 0.0382. The summed E-state index contributed by atoms with van der Waals surface area (Å²) in [5, 5.41) is 6.53. The van der Waals surface area contributed by atoms with E-state index in [1.54, 1.807) is 26.3 Å². The summed E-state index contributed by atoms with van der Waals surface area (Å²) in [6.07, 6.45) is 7.97. The fourth-order valence-corrected chi connectivity index (χ4v) is 8.74. The van der Waals surface area contributed by atoms with Gasteiger partial charge in [0.2, 0.25) is 17.7 Å². The van der Waals surface area contributed by atoms with Gasteiger partial charge in [0.05, 0.1) is 29.7 Å². The molecule has 4 bridgehead atoms. The third-order valence-electron chi connectivity index (χ3n) is 11.3. The average molecular weight is 888 g/mol. The van der Waals surface area contributed by atoms with E-state index >= 15 is 0 Å². The number of alkyl halides is 1. The lowest BCUT2D eigenvalue weighted by atomic mass is 9.83. The highest BCUT2D eigenvalue weighted by Gasteiger charge is 2.46. The number of carbonyl (C=O) groups is 5. The number of carbonyl (C=O) groups excluding carboxylic acids is 5. The van der Waals surface area contributed by atoms with Crippen LogP contribution in [0.3, 0.4) is 0 Å². The van der Waals surface area contributed by atoms with Gasteiger partial charge in [-0.25, -0.2) is 9.78 Å². The van der Waals surface area contributed by atoms with Crippen LogP contribution in [0.2, 0.25) is 0 Å². The fourth-order valence-electron chi connectivity index (χ4n) is 8.05. The third-order valence-corrected chi connectivity index (χ3v) is 12.5.